The molecule has 0 heterocycles. The van der Waals surface area contributed by atoms with Gasteiger partial charge in [-0.25, -0.2) is 4.79 Å². The third-order valence-corrected chi connectivity index (χ3v) is 5.20. The quantitative estimate of drug-likeness (QED) is 0.158. The van der Waals surface area contributed by atoms with Crippen molar-refractivity contribution < 1.29 is 20.9 Å². The summed E-state index contributed by atoms with van der Waals surface area (Å²) >= 11 is -2.32. The van der Waals surface area contributed by atoms with E-state index in [1.54, 1.807) is 0 Å². The molecule has 0 aromatic rings. The molecule has 0 aromatic carbocycles. The first-order valence-corrected chi connectivity index (χ1v) is 10.6. The molecule has 6 heteroatoms. The van der Waals surface area contributed by atoms with Crippen molar-refractivity contribution in [1.82, 2.24) is 0 Å². The predicted molar refractivity (Wildman–Crippen MR) is 97.4 cm³/mol. The van der Waals surface area contributed by atoms with Gasteiger partial charge in [-0.15, -0.1) is 0 Å². The highest BCUT2D eigenvalue weighted by molar-refractivity contribution is 6.37. The molecule has 0 aliphatic carbocycles. The molecule has 140 valence electrons. The minimum absolute atomic E-state index is 0.0177. The van der Waals surface area contributed by atoms with E-state index in [1.165, 1.54) is 6.08 Å². The number of hydrogen-bond donors (Lipinski definition) is 0. The average molecular weight is 358 g/mol. The molecule has 0 bridgehead atoms. The average Bonchev–Trinajstić information content (AvgIpc) is 2.45. The van der Waals surface area contributed by atoms with Crippen LogP contribution in [0.4, 0.5) is 0 Å². The monoisotopic (exact) mass is 358 g/mol. The highest BCUT2D eigenvalue weighted by Gasteiger charge is 2.38. The summed E-state index contributed by atoms with van der Waals surface area (Å²) in [7, 11) is 0. The van der Waals surface area contributed by atoms with Crippen LogP contribution in [-0.4, -0.2) is 39.4 Å². The van der Waals surface area contributed by atoms with Crippen LogP contribution in [0.25, 0.3) is 0 Å². The predicted octanol–water partition coefficient (Wildman–Crippen LogP) is 4.64. The van der Waals surface area contributed by atoms with Gasteiger partial charge in [-0.05, 0) is 53.9 Å². The number of allylic oxidation sites excluding steroid dienone is 1. The zero-order valence-electron chi connectivity index (χ0n) is 16.5. The van der Waals surface area contributed by atoms with Crippen molar-refractivity contribution in [3.8, 4) is 0 Å². The van der Waals surface area contributed by atoms with E-state index in [9.17, 15) is 4.79 Å². The van der Waals surface area contributed by atoms with Crippen LogP contribution in [-0.2, 0) is 20.9 Å². The third-order valence-electron chi connectivity index (χ3n) is 3.17. The van der Waals surface area contributed by atoms with Crippen LogP contribution in [0.3, 0.4) is 0 Å². The molecule has 0 amide bonds. The summed E-state index contributed by atoms with van der Waals surface area (Å²) in [6.45, 7) is 13.8. The SMILES string of the molecule is CCCCCC(C)OC(=O)/C=C(/CC)[O][Al]([O]C(C)C)[O]C(C)C. The van der Waals surface area contributed by atoms with Crippen LogP contribution >= 0.6 is 0 Å². The molecule has 0 rings (SSSR count). The standard InChI is InChI=1S/C12H22O3.2C3H7O.Al/c1-4-6-7-8-10(3)15-12(14)9-11(13)5-2;2*1-3(2)4;/h9-10,13H,4-8H2,1-3H3;2*3H,1-2H3;/q;2*-1;+3/p-1/b11-9-;;;. The molecular formula is C18H35AlO5. The number of rotatable bonds is 13. The Hall–Kier alpha value is -0.538. The van der Waals surface area contributed by atoms with Crippen molar-refractivity contribution >= 4 is 21.1 Å². The minimum Gasteiger partial charge on any atom is -0.602 e. The maximum Gasteiger partial charge on any atom is 1.00 e. The first-order valence-electron chi connectivity index (χ1n) is 9.17. The van der Waals surface area contributed by atoms with E-state index in [0.29, 0.717) is 12.2 Å². The van der Waals surface area contributed by atoms with Crippen LogP contribution in [0.15, 0.2) is 11.8 Å². The van der Waals surface area contributed by atoms with Gasteiger partial charge in [-0.1, -0.05) is 26.7 Å². The van der Waals surface area contributed by atoms with Crippen LogP contribution in [0.1, 0.15) is 80.6 Å². The number of hydrogen-bond acceptors (Lipinski definition) is 5. The van der Waals surface area contributed by atoms with Crippen LogP contribution < -0.4 is 0 Å². The van der Waals surface area contributed by atoms with Crippen LogP contribution in [0.5, 0.6) is 0 Å². The van der Waals surface area contributed by atoms with Gasteiger partial charge in [0, 0.05) is 12.2 Å². The van der Waals surface area contributed by atoms with Gasteiger partial charge in [0.15, 0.2) is 0 Å². The Morgan fingerprint density at radius 2 is 1.58 bits per heavy atom. The van der Waals surface area contributed by atoms with Crippen molar-refractivity contribution in [3.05, 3.63) is 11.8 Å². The van der Waals surface area contributed by atoms with Gasteiger partial charge in [0.25, 0.3) is 0 Å². The number of unbranched alkanes of at least 4 members (excludes halogenated alkanes) is 2. The second-order valence-electron chi connectivity index (χ2n) is 6.48. The maximum atomic E-state index is 12.0. The Bertz CT molecular complexity index is 358. The molecule has 24 heavy (non-hydrogen) atoms. The van der Waals surface area contributed by atoms with Gasteiger partial charge in [0.2, 0.25) is 0 Å². The summed E-state index contributed by atoms with van der Waals surface area (Å²) in [5.74, 6) is 0.191. The third kappa shape index (κ3) is 12.8. The van der Waals surface area contributed by atoms with Gasteiger partial charge in [-0.2, -0.15) is 0 Å². The first kappa shape index (κ1) is 23.5. The Labute approximate surface area is 153 Å². The molecule has 0 aliphatic heterocycles. The van der Waals surface area contributed by atoms with Crippen LogP contribution in [0, 0.1) is 0 Å². The van der Waals surface area contributed by atoms with E-state index in [4.69, 9.17) is 16.1 Å². The molecule has 5 nitrogen and oxygen atoms in total. The van der Waals surface area contributed by atoms with E-state index >= 15 is 0 Å². The van der Waals surface area contributed by atoms with E-state index in [-0.39, 0.29) is 24.3 Å². The molecule has 0 fully saturated rings. The fraction of sp³-hybridized carbons (Fsp3) is 0.833. The Morgan fingerprint density at radius 1 is 1.00 bits per heavy atom. The zero-order valence-corrected chi connectivity index (χ0v) is 17.6. The number of ether oxygens (including phenoxy) is 1. The highest BCUT2D eigenvalue weighted by Crippen LogP contribution is 2.12. The first-order chi connectivity index (χ1) is 11.3. The molecule has 1 atom stereocenters. The second-order valence-corrected chi connectivity index (χ2v) is 7.84. The van der Waals surface area contributed by atoms with Crippen LogP contribution in [0.2, 0.25) is 0 Å². The van der Waals surface area contributed by atoms with Crippen molar-refractivity contribution in [2.75, 3.05) is 0 Å². The minimum atomic E-state index is -2.32. The van der Waals surface area contributed by atoms with Gasteiger partial charge >= 0.3 is 21.1 Å². The summed E-state index contributed by atoms with van der Waals surface area (Å²) < 4.78 is 22.7. The normalized spacial score (nSPS) is 13.3. The molecule has 0 aromatic heterocycles. The molecule has 0 aliphatic rings. The summed E-state index contributed by atoms with van der Waals surface area (Å²) in [6.07, 6.45) is 6.25. The Morgan fingerprint density at radius 3 is 2.04 bits per heavy atom. The van der Waals surface area contributed by atoms with Gasteiger partial charge in [-0.3, -0.25) is 0 Å². The lowest BCUT2D eigenvalue weighted by Crippen LogP contribution is -2.32. The Kier molecular flexibility index (Phi) is 13.4. The second kappa shape index (κ2) is 13.7. The summed E-state index contributed by atoms with van der Waals surface area (Å²) in [4.78, 5) is 12.0. The molecule has 0 N–H and O–H groups in total. The highest BCUT2D eigenvalue weighted by atomic mass is 27.3. The van der Waals surface area contributed by atoms with E-state index < -0.39 is 15.1 Å². The number of carbonyl (C=O) groups excluding carboxylic acids is 1. The summed E-state index contributed by atoms with van der Waals surface area (Å²) in [5.41, 5.74) is 0. The van der Waals surface area contributed by atoms with Gasteiger partial charge in [0.1, 0.15) is 0 Å². The fourth-order valence-electron chi connectivity index (χ4n) is 1.98. The lowest BCUT2D eigenvalue weighted by molar-refractivity contribution is -0.142. The Balaban J connectivity index is 4.59. The summed E-state index contributed by atoms with van der Waals surface area (Å²) in [5, 5.41) is 0. The van der Waals surface area contributed by atoms with E-state index in [2.05, 4.69) is 6.92 Å². The van der Waals surface area contributed by atoms with Crippen molar-refractivity contribution in [1.29, 1.82) is 0 Å². The van der Waals surface area contributed by atoms with Gasteiger partial charge in [0.05, 0.1) is 17.9 Å². The van der Waals surface area contributed by atoms with Crippen molar-refractivity contribution in [2.24, 2.45) is 0 Å². The van der Waals surface area contributed by atoms with Gasteiger partial charge < -0.3 is 16.1 Å². The fourth-order valence-corrected chi connectivity index (χ4v) is 3.53. The van der Waals surface area contributed by atoms with Crippen molar-refractivity contribution in [2.45, 2.75) is 98.9 Å². The maximum absolute atomic E-state index is 12.0. The molecule has 0 saturated carbocycles. The van der Waals surface area contributed by atoms with E-state index in [0.717, 1.165) is 25.7 Å². The van der Waals surface area contributed by atoms with Crippen molar-refractivity contribution in [3.63, 3.8) is 0 Å². The largest absolute Gasteiger partial charge is 1.00 e. The number of esters is 1. The molecule has 1 unspecified atom stereocenters. The topological polar surface area (TPSA) is 54.0 Å². The smallest absolute Gasteiger partial charge is 0.602 e. The molecule has 0 saturated heterocycles. The molecule has 0 radical (unpaired) electrons. The zero-order chi connectivity index (χ0) is 18.5. The van der Waals surface area contributed by atoms with E-state index in [1.807, 2.05) is 41.5 Å². The molecule has 0 spiro atoms. The lowest BCUT2D eigenvalue weighted by Gasteiger charge is -2.20. The lowest BCUT2D eigenvalue weighted by atomic mass is 10.1. The number of carbonyl (C=O) groups is 1. The molecular weight excluding hydrogens is 323 g/mol. The summed E-state index contributed by atoms with van der Waals surface area (Å²) in [6, 6.07) is 0.